The minimum absolute atomic E-state index is 0.0652. The second kappa shape index (κ2) is 9.19. The van der Waals surface area contributed by atoms with Gasteiger partial charge in [0.1, 0.15) is 11.6 Å². The van der Waals surface area contributed by atoms with Crippen molar-refractivity contribution in [3.05, 3.63) is 66.1 Å². The number of benzene rings is 2. The number of ether oxygens (including phenoxy) is 1. The molecule has 5 rings (SSSR count). The molecular formula is C24H24FN5O2S. The van der Waals surface area contributed by atoms with Gasteiger partial charge in [0.05, 0.1) is 24.9 Å². The lowest BCUT2D eigenvalue weighted by molar-refractivity contribution is -0.125. The van der Waals surface area contributed by atoms with Crippen LogP contribution in [0.5, 0.6) is 5.75 Å². The first-order valence-corrected chi connectivity index (χ1v) is 11.7. The number of carbonyl (C=O) groups excluding carboxylic acids is 1. The number of nitrogens with one attached hydrogen (secondary N) is 1. The number of anilines is 1. The summed E-state index contributed by atoms with van der Waals surface area (Å²) >= 11 is 1.50. The molecule has 1 aliphatic heterocycles. The van der Waals surface area contributed by atoms with E-state index in [-0.39, 0.29) is 17.6 Å². The van der Waals surface area contributed by atoms with Crippen molar-refractivity contribution in [2.24, 2.45) is 5.92 Å². The number of hydrogen-bond acceptors (Lipinski definition) is 6. The quantitative estimate of drug-likeness (QED) is 0.464. The smallest absolute Gasteiger partial charge is 0.225 e. The first-order chi connectivity index (χ1) is 16.1. The van der Waals surface area contributed by atoms with E-state index >= 15 is 0 Å². The third-order valence-electron chi connectivity index (χ3n) is 5.86. The number of fused-ring (bicyclic) bond motifs is 1. The molecule has 0 saturated carbocycles. The zero-order valence-electron chi connectivity index (χ0n) is 18.2. The molecule has 0 radical (unpaired) electrons. The average molecular weight is 466 g/mol. The predicted molar refractivity (Wildman–Crippen MR) is 126 cm³/mol. The highest BCUT2D eigenvalue weighted by molar-refractivity contribution is 7.20. The number of carbonyl (C=O) groups is 1. The summed E-state index contributed by atoms with van der Waals surface area (Å²) in [7, 11) is 1.64. The Hall–Kier alpha value is -3.46. The third-order valence-corrected chi connectivity index (χ3v) is 6.84. The van der Waals surface area contributed by atoms with E-state index in [0.29, 0.717) is 13.1 Å². The highest BCUT2D eigenvalue weighted by Crippen LogP contribution is 2.30. The maximum Gasteiger partial charge on any atom is 0.225 e. The van der Waals surface area contributed by atoms with Crippen molar-refractivity contribution in [2.75, 3.05) is 25.1 Å². The van der Waals surface area contributed by atoms with Crippen molar-refractivity contribution in [3.63, 3.8) is 0 Å². The minimum Gasteiger partial charge on any atom is -0.497 e. The molecule has 1 amide bonds. The van der Waals surface area contributed by atoms with Crippen molar-refractivity contribution in [2.45, 2.75) is 19.4 Å². The summed E-state index contributed by atoms with van der Waals surface area (Å²) in [6.45, 7) is 2.00. The Morgan fingerprint density at radius 3 is 2.73 bits per heavy atom. The van der Waals surface area contributed by atoms with Crippen molar-refractivity contribution in [1.29, 1.82) is 0 Å². The van der Waals surface area contributed by atoms with Crippen LogP contribution in [0.4, 0.5) is 9.52 Å². The van der Waals surface area contributed by atoms with Crippen LogP contribution in [0.3, 0.4) is 0 Å². The Labute approximate surface area is 194 Å². The lowest BCUT2D eigenvalue weighted by atomic mass is 9.97. The Morgan fingerprint density at radius 1 is 1.21 bits per heavy atom. The first-order valence-electron chi connectivity index (χ1n) is 10.9. The van der Waals surface area contributed by atoms with Crippen LogP contribution in [0.1, 0.15) is 18.4 Å². The molecule has 1 N–H and O–H groups in total. The van der Waals surface area contributed by atoms with Gasteiger partial charge in [-0.3, -0.25) is 4.79 Å². The predicted octanol–water partition coefficient (Wildman–Crippen LogP) is 4.14. The highest BCUT2D eigenvalue weighted by atomic mass is 32.1. The molecular weight excluding hydrogens is 441 g/mol. The molecule has 1 atom stereocenters. The average Bonchev–Trinajstić information content (AvgIpc) is 3.43. The topological polar surface area (TPSA) is 71.8 Å². The van der Waals surface area contributed by atoms with E-state index in [1.807, 2.05) is 30.5 Å². The van der Waals surface area contributed by atoms with Crippen LogP contribution in [0, 0.1) is 11.7 Å². The number of halogens is 1. The summed E-state index contributed by atoms with van der Waals surface area (Å²) in [6.07, 6.45) is 3.65. The summed E-state index contributed by atoms with van der Waals surface area (Å²) in [5, 5.41) is 8.60. The van der Waals surface area contributed by atoms with Gasteiger partial charge in [-0.2, -0.15) is 0 Å². The van der Waals surface area contributed by atoms with Crippen molar-refractivity contribution >= 4 is 27.3 Å². The van der Waals surface area contributed by atoms with E-state index in [0.717, 1.165) is 52.0 Å². The van der Waals surface area contributed by atoms with Crippen molar-refractivity contribution < 1.29 is 13.9 Å². The van der Waals surface area contributed by atoms with E-state index in [4.69, 9.17) is 4.74 Å². The fourth-order valence-corrected chi connectivity index (χ4v) is 4.94. The highest BCUT2D eigenvalue weighted by Gasteiger charge is 2.27. The zero-order chi connectivity index (χ0) is 22.8. The monoisotopic (exact) mass is 465 g/mol. The maximum absolute atomic E-state index is 13.2. The lowest BCUT2D eigenvalue weighted by Gasteiger charge is -2.31. The number of rotatable bonds is 6. The van der Waals surface area contributed by atoms with Gasteiger partial charge in [0.2, 0.25) is 16.0 Å². The van der Waals surface area contributed by atoms with Gasteiger partial charge in [-0.05, 0) is 54.8 Å². The summed E-state index contributed by atoms with van der Waals surface area (Å²) in [6, 6.07) is 14.0. The second-order valence-corrected chi connectivity index (χ2v) is 9.03. The largest absolute Gasteiger partial charge is 0.497 e. The maximum atomic E-state index is 13.2. The standard InChI is InChI=1S/C24H24FN5O2S/c1-32-20-10-4-16(5-11-20)13-26-22(31)18-3-2-12-29(14-18)24-28-30-15-21(27-23(30)33-24)17-6-8-19(25)9-7-17/h4-11,15,18H,2-3,12-14H2,1H3,(H,26,31)/t18-/m1/s1. The lowest BCUT2D eigenvalue weighted by Crippen LogP contribution is -2.43. The van der Waals surface area contributed by atoms with Gasteiger partial charge in [0, 0.05) is 25.2 Å². The van der Waals surface area contributed by atoms with Crippen LogP contribution in [-0.4, -0.2) is 40.7 Å². The van der Waals surface area contributed by atoms with Crippen LogP contribution in [0.25, 0.3) is 16.2 Å². The fraction of sp³-hybridized carbons (Fsp3) is 0.292. The van der Waals surface area contributed by atoms with Crippen molar-refractivity contribution in [3.8, 4) is 17.0 Å². The summed E-state index contributed by atoms with van der Waals surface area (Å²) in [4.78, 5) is 20.4. The van der Waals surface area contributed by atoms with E-state index < -0.39 is 0 Å². The molecule has 3 heterocycles. The van der Waals surface area contributed by atoms with Crippen LogP contribution in [-0.2, 0) is 11.3 Å². The molecule has 0 aliphatic carbocycles. The summed E-state index contributed by atoms with van der Waals surface area (Å²) < 4.78 is 20.1. The van der Waals surface area contributed by atoms with Crippen LogP contribution in [0.15, 0.2) is 54.7 Å². The number of piperidine rings is 1. The van der Waals surface area contributed by atoms with Crippen LogP contribution >= 0.6 is 11.3 Å². The fourth-order valence-electron chi connectivity index (χ4n) is 4.02. The second-order valence-electron chi connectivity index (χ2n) is 8.10. The summed E-state index contributed by atoms with van der Waals surface area (Å²) in [5.41, 5.74) is 2.65. The third kappa shape index (κ3) is 4.68. The molecule has 170 valence electrons. The van der Waals surface area contributed by atoms with Gasteiger partial charge >= 0.3 is 0 Å². The summed E-state index contributed by atoms with van der Waals surface area (Å²) in [5.74, 6) is 0.513. The van der Waals surface area contributed by atoms with Gasteiger partial charge in [-0.1, -0.05) is 23.5 Å². The number of hydrogen-bond donors (Lipinski definition) is 1. The molecule has 9 heteroatoms. The van der Waals surface area contributed by atoms with Crippen LogP contribution < -0.4 is 15.0 Å². The van der Waals surface area contributed by atoms with Gasteiger partial charge in [0.15, 0.2) is 0 Å². The molecule has 1 aliphatic rings. The minimum atomic E-state index is -0.270. The zero-order valence-corrected chi connectivity index (χ0v) is 19.0. The molecule has 0 bridgehead atoms. The molecule has 0 unspecified atom stereocenters. The van der Waals surface area contributed by atoms with E-state index in [1.165, 1.54) is 23.5 Å². The number of amides is 1. The Balaban J connectivity index is 1.22. The molecule has 1 fully saturated rings. The van der Waals surface area contributed by atoms with Crippen molar-refractivity contribution in [1.82, 2.24) is 19.9 Å². The van der Waals surface area contributed by atoms with Gasteiger partial charge in [-0.25, -0.2) is 13.9 Å². The number of imidazole rings is 1. The number of aromatic nitrogens is 3. The van der Waals surface area contributed by atoms with E-state index in [9.17, 15) is 9.18 Å². The van der Waals surface area contributed by atoms with Gasteiger partial charge in [-0.15, -0.1) is 5.10 Å². The molecule has 2 aromatic heterocycles. The number of methoxy groups -OCH3 is 1. The Bertz CT molecular complexity index is 1220. The number of nitrogens with zero attached hydrogens (tertiary/aromatic N) is 4. The van der Waals surface area contributed by atoms with E-state index in [2.05, 4.69) is 20.3 Å². The van der Waals surface area contributed by atoms with E-state index in [1.54, 1.807) is 23.8 Å². The molecule has 2 aromatic carbocycles. The molecule has 7 nitrogen and oxygen atoms in total. The molecule has 4 aromatic rings. The van der Waals surface area contributed by atoms with Gasteiger partial charge < -0.3 is 15.0 Å². The Kier molecular flexibility index (Phi) is 5.95. The van der Waals surface area contributed by atoms with Crippen LogP contribution in [0.2, 0.25) is 0 Å². The first kappa shape index (κ1) is 21.4. The molecule has 1 saturated heterocycles. The Morgan fingerprint density at radius 2 is 2.00 bits per heavy atom. The molecule has 0 spiro atoms. The van der Waals surface area contributed by atoms with Gasteiger partial charge in [0.25, 0.3) is 0 Å². The normalized spacial score (nSPS) is 16.2. The SMILES string of the molecule is COc1ccc(CNC(=O)[C@@H]2CCCN(c3nn4cc(-c5ccc(F)cc5)nc4s3)C2)cc1. The molecule has 33 heavy (non-hydrogen) atoms.